The standard InChI is InChI=1S/C14H16FN3/c1-9-5-12(8-17-7-9)14(18-16)11-3-4-13(15)10(2)6-11/h3-8,14,18H,16H2,1-2H3. The summed E-state index contributed by atoms with van der Waals surface area (Å²) in [5.41, 5.74) is 6.29. The Morgan fingerprint density at radius 3 is 2.56 bits per heavy atom. The van der Waals surface area contributed by atoms with Gasteiger partial charge >= 0.3 is 0 Å². The number of aromatic nitrogens is 1. The first-order chi connectivity index (χ1) is 8.61. The molecule has 0 radical (unpaired) electrons. The maximum absolute atomic E-state index is 13.3. The molecule has 18 heavy (non-hydrogen) atoms. The molecule has 0 saturated heterocycles. The quantitative estimate of drug-likeness (QED) is 0.645. The Bertz CT molecular complexity index is 554. The summed E-state index contributed by atoms with van der Waals surface area (Å²) < 4.78 is 13.3. The van der Waals surface area contributed by atoms with Crippen LogP contribution in [-0.2, 0) is 0 Å². The largest absolute Gasteiger partial charge is 0.271 e. The summed E-state index contributed by atoms with van der Waals surface area (Å²) in [5, 5.41) is 0. The summed E-state index contributed by atoms with van der Waals surface area (Å²) in [6.07, 6.45) is 3.54. The van der Waals surface area contributed by atoms with E-state index in [2.05, 4.69) is 10.4 Å². The summed E-state index contributed by atoms with van der Waals surface area (Å²) in [6.45, 7) is 3.71. The van der Waals surface area contributed by atoms with Crippen molar-refractivity contribution in [3.05, 3.63) is 64.7 Å². The number of nitrogens with one attached hydrogen (secondary N) is 1. The van der Waals surface area contributed by atoms with E-state index in [1.54, 1.807) is 31.5 Å². The van der Waals surface area contributed by atoms with Gasteiger partial charge in [-0.15, -0.1) is 0 Å². The number of hydrogen-bond donors (Lipinski definition) is 2. The first-order valence-electron chi connectivity index (χ1n) is 5.75. The maximum Gasteiger partial charge on any atom is 0.126 e. The lowest BCUT2D eigenvalue weighted by Crippen LogP contribution is -2.29. The molecule has 2 rings (SSSR count). The third kappa shape index (κ3) is 2.55. The molecule has 1 atom stereocenters. The Morgan fingerprint density at radius 2 is 1.94 bits per heavy atom. The molecule has 0 bridgehead atoms. The highest BCUT2D eigenvalue weighted by atomic mass is 19.1. The van der Waals surface area contributed by atoms with Crippen LogP contribution in [0.5, 0.6) is 0 Å². The van der Waals surface area contributed by atoms with Crippen LogP contribution >= 0.6 is 0 Å². The molecule has 2 aromatic rings. The fourth-order valence-corrected chi connectivity index (χ4v) is 1.97. The second kappa shape index (κ2) is 5.25. The number of hydrazine groups is 1. The highest BCUT2D eigenvalue weighted by molar-refractivity contribution is 5.34. The average molecular weight is 245 g/mol. The van der Waals surface area contributed by atoms with Crippen molar-refractivity contribution in [2.24, 2.45) is 5.84 Å². The molecule has 0 aliphatic heterocycles. The molecular weight excluding hydrogens is 229 g/mol. The molecule has 1 heterocycles. The van der Waals surface area contributed by atoms with Gasteiger partial charge in [-0.25, -0.2) is 9.82 Å². The topological polar surface area (TPSA) is 50.9 Å². The van der Waals surface area contributed by atoms with Crippen LogP contribution in [0.2, 0.25) is 0 Å². The van der Waals surface area contributed by atoms with Crippen molar-refractivity contribution >= 4 is 0 Å². The van der Waals surface area contributed by atoms with E-state index in [-0.39, 0.29) is 11.9 Å². The van der Waals surface area contributed by atoms with Crippen molar-refractivity contribution in [2.45, 2.75) is 19.9 Å². The van der Waals surface area contributed by atoms with Crippen LogP contribution in [0.15, 0.2) is 36.7 Å². The van der Waals surface area contributed by atoms with Gasteiger partial charge < -0.3 is 0 Å². The Morgan fingerprint density at radius 1 is 1.17 bits per heavy atom. The zero-order valence-electron chi connectivity index (χ0n) is 10.4. The zero-order chi connectivity index (χ0) is 13.1. The maximum atomic E-state index is 13.3. The van der Waals surface area contributed by atoms with Gasteiger partial charge in [0.2, 0.25) is 0 Å². The number of aryl methyl sites for hydroxylation is 2. The van der Waals surface area contributed by atoms with Crippen molar-refractivity contribution in [3.63, 3.8) is 0 Å². The fraction of sp³-hybridized carbons (Fsp3) is 0.214. The van der Waals surface area contributed by atoms with Gasteiger partial charge in [0.1, 0.15) is 5.82 Å². The van der Waals surface area contributed by atoms with Gasteiger partial charge in [0.05, 0.1) is 6.04 Å². The second-order valence-corrected chi connectivity index (χ2v) is 4.40. The number of nitrogens with zero attached hydrogens (tertiary/aromatic N) is 1. The smallest absolute Gasteiger partial charge is 0.126 e. The van der Waals surface area contributed by atoms with E-state index < -0.39 is 0 Å². The van der Waals surface area contributed by atoms with Gasteiger partial charge in [0, 0.05) is 12.4 Å². The van der Waals surface area contributed by atoms with Gasteiger partial charge in [0.15, 0.2) is 0 Å². The van der Waals surface area contributed by atoms with Gasteiger partial charge in [-0.3, -0.25) is 10.8 Å². The Labute approximate surface area is 106 Å². The number of pyridine rings is 1. The lowest BCUT2D eigenvalue weighted by molar-refractivity contribution is 0.607. The normalized spacial score (nSPS) is 12.4. The Hall–Kier alpha value is -1.78. The minimum atomic E-state index is -0.211. The highest BCUT2D eigenvalue weighted by Gasteiger charge is 2.13. The van der Waals surface area contributed by atoms with Crippen molar-refractivity contribution in [2.75, 3.05) is 0 Å². The molecule has 0 fully saturated rings. The van der Waals surface area contributed by atoms with Crippen LogP contribution in [0, 0.1) is 19.7 Å². The predicted molar refractivity (Wildman–Crippen MR) is 69.3 cm³/mol. The molecule has 1 aromatic carbocycles. The van der Waals surface area contributed by atoms with Crippen molar-refractivity contribution in [1.29, 1.82) is 0 Å². The lowest BCUT2D eigenvalue weighted by Gasteiger charge is -2.17. The molecule has 1 unspecified atom stereocenters. The molecule has 3 N–H and O–H groups in total. The number of rotatable bonds is 3. The highest BCUT2D eigenvalue weighted by Crippen LogP contribution is 2.23. The third-order valence-electron chi connectivity index (χ3n) is 2.91. The van der Waals surface area contributed by atoms with Crippen LogP contribution in [0.4, 0.5) is 4.39 Å². The molecule has 94 valence electrons. The fourth-order valence-electron chi connectivity index (χ4n) is 1.97. The first kappa shape index (κ1) is 12.7. The molecule has 0 aliphatic carbocycles. The van der Waals surface area contributed by atoms with Gasteiger partial charge in [-0.1, -0.05) is 18.2 Å². The van der Waals surface area contributed by atoms with E-state index in [4.69, 9.17) is 5.84 Å². The van der Waals surface area contributed by atoms with E-state index in [1.807, 2.05) is 13.0 Å². The number of benzene rings is 1. The molecular formula is C14H16FN3. The van der Waals surface area contributed by atoms with Crippen LogP contribution in [0.1, 0.15) is 28.3 Å². The van der Waals surface area contributed by atoms with Crippen LogP contribution in [0.25, 0.3) is 0 Å². The van der Waals surface area contributed by atoms with Crippen LogP contribution in [-0.4, -0.2) is 4.98 Å². The summed E-state index contributed by atoms with van der Waals surface area (Å²) in [4.78, 5) is 4.15. The molecule has 1 aromatic heterocycles. The molecule has 0 saturated carbocycles. The number of hydrogen-bond acceptors (Lipinski definition) is 3. The van der Waals surface area contributed by atoms with E-state index in [9.17, 15) is 4.39 Å². The first-order valence-corrected chi connectivity index (χ1v) is 5.75. The van der Waals surface area contributed by atoms with Crippen molar-refractivity contribution in [3.8, 4) is 0 Å². The van der Waals surface area contributed by atoms with E-state index in [0.717, 1.165) is 16.7 Å². The second-order valence-electron chi connectivity index (χ2n) is 4.40. The van der Waals surface area contributed by atoms with Crippen LogP contribution < -0.4 is 11.3 Å². The van der Waals surface area contributed by atoms with E-state index in [1.165, 1.54) is 6.07 Å². The Balaban J connectivity index is 2.42. The summed E-state index contributed by atoms with van der Waals surface area (Å²) >= 11 is 0. The van der Waals surface area contributed by atoms with E-state index in [0.29, 0.717) is 5.56 Å². The molecule has 0 spiro atoms. The Kier molecular flexibility index (Phi) is 3.69. The number of nitrogens with two attached hydrogens (primary N) is 1. The molecule has 0 amide bonds. The predicted octanol–water partition coefficient (Wildman–Crippen LogP) is 2.39. The zero-order valence-corrected chi connectivity index (χ0v) is 10.4. The monoisotopic (exact) mass is 245 g/mol. The molecule has 4 heteroatoms. The third-order valence-corrected chi connectivity index (χ3v) is 2.91. The lowest BCUT2D eigenvalue weighted by atomic mass is 9.98. The van der Waals surface area contributed by atoms with Crippen molar-refractivity contribution < 1.29 is 4.39 Å². The van der Waals surface area contributed by atoms with Gasteiger partial charge in [-0.05, 0) is 42.2 Å². The molecule has 0 aliphatic rings. The van der Waals surface area contributed by atoms with Gasteiger partial charge in [-0.2, -0.15) is 0 Å². The minimum absolute atomic E-state index is 0.184. The number of halogens is 1. The summed E-state index contributed by atoms with van der Waals surface area (Å²) in [6, 6.07) is 6.81. The van der Waals surface area contributed by atoms with Crippen LogP contribution in [0.3, 0.4) is 0 Å². The average Bonchev–Trinajstić information content (AvgIpc) is 2.35. The summed E-state index contributed by atoms with van der Waals surface area (Å²) in [5.74, 6) is 5.39. The van der Waals surface area contributed by atoms with Crippen molar-refractivity contribution in [1.82, 2.24) is 10.4 Å². The van der Waals surface area contributed by atoms with Gasteiger partial charge in [0.25, 0.3) is 0 Å². The summed E-state index contributed by atoms with van der Waals surface area (Å²) in [7, 11) is 0. The molecule has 3 nitrogen and oxygen atoms in total. The van der Waals surface area contributed by atoms with E-state index >= 15 is 0 Å². The SMILES string of the molecule is Cc1cncc(C(NN)c2ccc(F)c(C)c2)c1. The minimum Gasteiger partial charge on any atom is -0.271 e.